The lowest BCUT2D eigenvalue weighted by Gasteiger charge is -2.23. The molecule has 0 bridgehead atoms. The molecule has 0 saturated heterocycles. The maximum absolute atomic E-state index is 11.9. The maximum atomic E-state index is 11.9. The lowest BCUT2D eigenvalue weighted by atomic mass is 10.2. The van der Waals surface area contributed by atoms with Gasteiger partial charge >= 0.3 is 6.03 Å². The second kappa shape index (κ2) is 7.28. The first kappa shape index (κ1) is 13.0. The zero-order chi connectivity index (χ0) is 11.8. The molecule has 0 radical (unpaired) electrons. The summed E-state index contributed by atoms with van der Waals surface area (Å²) in [7, 11) is 1.64. The third-order valence-electron chi connectivity index (χ3n) is 2.88. The Morgan fingerprint density at radius 2 is 2.25 bits per heavy atom. The second-order valence-corrected chi connectivity index (χ2v) is 4.16. The second-order valence-electron chi connectivity index (χ2n) is 4.16. The van der Waals surface area contributed by atoms with E-state index in [0.29, 0.717) is 25.7 Å². The fourth-order valence-electron chi connectivity index (χ4n) is 1.97. The Labute approximate surface area is 97.6 Å². The summed E-state index contributed by atoms with van der Waals surface area (Å²) >= 11 is 0. The van der Waals surface area contributed by atoms with Gasteiger partial charge in [-0.15, -0.1) is 6.58 Å². The van der Waals surface area contributed by atoms with Crippen LogP contribution in [-0.4, -0.2) is 43.8 Å². The summed E-state index contributed by atoms with van der Waals surface area (Å²) in [6.07, 6.45) is 6.41. The first-order valence-electron chi connectivity index (χ1n) is 5.93. The fraction of sp³-hybridized carbons (Fsp3) is 0.750. The molecule has 0 aliphatic heterocycles. The van der Waals surface area contributed by atoms with Crippen molar-refractivity contribution in [2.24, 2.45) is 0 Å². The van der Waals surface area contributed by atoms with E-state index in [2.05, 4.69) is 11.9 Å². The van der Waals surface area contributed by atoms with E-state index in [0.717, 1.165) is 12.8 Å². The predicted molar refractivity (Wildman–Crippen MR) is 64.4 cm³/mol. The summed E-state index contributed by atoms with van der Waals surface area (Å²) in [4.78, 5) is 13.6. The van der Waals surface area contributed by atoms with E-state index in [-0.39, 0.29) is 6.03 Å². The zero-order valence-corrected chi connectivity index (χ0v) is 10.1. The largest absolute Gasteiger partial charge is 0.383 e. The fourth-order valence-corrected chi connectivity index (χ4v) is 1.97. The molecule has 4 heteroatoms. The van der Waals surface area contributed by atoms with Crippen LogP contribution in [0.5, 0.6) is 0 Å². The molecule has 0 spiro atoms. The highest BCUT2D eigenvalue weighted by Gasteiger charge is 2.19. The SMILES string of the molecule is C=CCN(CCOC)C(=O)NC1CCCC1. The summed E-state index contributed by atoms with van der Waals surface area (Å²) < 4.78 is 4.98. The quantitative estimate of drug-likeness (QED) is 0.701. The Balaban J connectivity index is 2.35. The highest BCUT2D eigenvalue weighted by molar-refractivity contribution is 5.74. The summed E-state index contributed by atoms with van der Waals surface area (Å²) in [6, 6.07) is 0.367. The van der Waals surface area contributed by atoms with Gasteiger partial charge < -0.3 is 15.0 Å². The maximum Gasteiger partial charge on any atom is 0.317 e. The van der Waals surface area contributed by atoms with Crippen molar-refractivity contribution < 1.29 is 9.53 Å². The summed E-state index contributed by atoms with van der Waals surface area (Å²) in [5.41, 5.74) is 0. The number of rotatable bonds is 6. The molecule has 1 aliphatic carbocycles. The summed E-state index contributed by atoms with van der Waals surface area (Å²) in [5.74, 6) is 0. The predicted octanol–water partition coefficient (Wildman–Crippen LogP) is 1.77. The van der Waals surface area contributed by atoms with Crippen molar-refractivity contribution in [1.82, 2.24) is 10.2 Å². The molecule has 1 fully saturated rings. The van der Waals surface area contributed by atoms with Gasteiger partial charge in [-0.3, -0.25) is 0 Å². The first-order chi connectivity index (χ1) is 7.77. The molecular weight excluding hydrogens is 204 g/mol. The average molecular weight is 226 g/mol. The molecule has 0 atom stereocenters. The van der Waals surface area contributed by atoms with Crippen molar-refractivity contribution in [3.05, 3.63) is 12.7 Å². The molecule has 0 aromatic heterocycles. The van der Waals surface area contributed by atoms with Gasteiger partial charge in [0.1, 0.15) is 0 Å². The molecule has 0 aromatic rings. The smallest absolute Gasteiger partial charge is 0.317 e. The number of carbonyl (C=O) groups excluding carboxylic acids is 1. The number of urea groups is 1. The van der Waals surface area contributed by atoms with E-state index in [1.807, 2.05) is 0 Å². The molecule has 0 unspecified atom stereocenters. The third-order valence-corrected chi connectivity index (χ3v) is 2.88. The standard InChI is InChI=1S/C12H22N2O2/c1-3-8-14(9-10-16-2)12(15)13-11-6-4-5-7-11/h3,11H,1,4-10H2,2H3,(H,13,15). The van der Waals surface area contributed by atoms with Gasteiger partial charge in [0.15, 0.2) is 0 Å². The van der Waals surface area contributed by atoms with E-state index in [1.165, 1.54) is 12.8 Å². The van der Waals surface area contributed by atoms with Crippen LogP contribution in [-0.2, 0) is 4.74 Å². The van der Waals surface area contributed by atoms with Gasteiger partial charge in [-0.05, 0) is 12.8 Å². The lowest BCUT2D eigenvalue weighted by Crippen LogP contribution is -2.45. The van der Waals surface area contributed by atoms with E-state index >= 15 is 0 Å². The molecule has 2 amide bonds. The zero-order valence-electron chi connectivity index (χ0n) is 10.1. The van der Waals surface area contributed by atoms with E-state index < -0.39 is 0 Å². The number of ether oxygens (including phenoxy) is 1. The molecule has 1 aliphatic rings. The number of hydrogen-bond donors (Lipinski definition) is 1. The monoisotopic (exact) mass is 226 g/mol. The summed E-state index contributed by atoms with van der Waals surface area (Å²) in [5, 5.41) is 3.06. The van der Waals surface area contributed by atoms with Crippen molar-refractivity contribution in [3.63, 3.8) is 0 Å². The Morgan fingerprint density at radius 3 is 2.81 bits per heavy atom. The Bertz CT molecular complexity index is 225. The Morgan fingerprint density at radius 1 is 1.56 bits per heavy atom. The molecule has 0 aromatic carbocycles. The van der Waals surface area contributed by atoms with E-state index in [4.69, 9.17) is 4.74 Å². The minimum atomic E-state index is 0.00356. The van der Waals surface area contributed by atoms with Gasteiger partial charge in [-0.1, -0.05) is 18.9 Å². The number of amides is 2. The molecule has 1 N–H and O–H groups in total. The van der Waals surface area contributed by atoms with Crippen LogP contribution < -0.4 is 5.32 Å². The number of hydrogen-bond acceptors (Lipinski definition) is 2. The topological polar surface area (TPSA) is 41.6 Å². The highest BCUT2D eigenvalue weighted by atomic mass is 16.5. The van der Waals surface area contributed by atoms with Gasteiger partial charge in [-0.25, -0.2) is 4.79 Å². The highest BCUT2D eigenvalue weighted by Crippen LogP contribution is 2.17. The normalized spacial score (nSPS) is 16.1. The van der Waals surface area contributed by atoms with Crippen LogP contribution in [0.1, 0.15) is 25.7 Å². The van der Waals surface area contributed by atoms with E-state index in [9.17, 15) is 4.79 Å². The number of methoxy groups -OCH3 is 1. The van der Waals surface area contributed by atoms with E-state index in [1.54, 1.807) is 18.1 Å². The first-order valence-corrected chi connectivity index (χ1v) is 5.93. The molecular formula is C12H22N2O2. The van der Waals surface area contributed by atoms with Crippen LogP contribution in [0, 0.1) is 0 Å². The van der Waals surface area contributed by atoms with Crippen LogP contribution in [0.4, 0.5) is 4.79 Å². The number of nitrogens with zero attached hydrogens (tertiary/aromatic N) is 1. The molecule has 92 valence electrons. The number of nitrogens with one attached hydrogen (secondary N) is 1. The number of carbonyl (C=O) groups is 1. The van der Waals surface area contributed by atoms with Crippen molar-refractivity contribution in [1.29, 1.82) is 0 Å². The van der Waals surface area contributed by atoms with Crippen molar-refractivity contribution in [2.45, 2.75) is 31.7 Å². The average Bonchev–Trinajstić information content (AvgIpc) is 2.76. The molecule has 16 heavy (non-hydrogen) atoms. The molecule has 4 nitrogen and oxygen atoms in total. The third kappa shape index (κ3) is 4.23. The van der Waals surface area contributed by atoms with Crippen LogP contribution in [0.15, 0.2) is 12.7 Å². The molecule has 1 saturated carbocycles. The van der Waals surface area contributed by atoms with Crippen LogP contribution in [0.25, 0.3) is 0 Å². The van der Waals surface area contributed by atoms with Crippen molar-refractivity contribution >= 4 is 6.03 Å². The van der Waals surface area contributed by atoms with Gasteiger partial charge in [0, 0.05) is 26.2 Å². The minimum absolute atomic E-state index is 0.00356. The minimum Gasteiger partial charge on any atom is -0.383 e. The van der Waals surface area contributed by atoms with Crippen LogP contribution in [0.2, 0.25) is 0 Å². The van der Waals surface area contributed by atoms with Gasteiger partial charge in [0.25, 0.3) is 0 Å². The van der Waals surface area contributed by atoms with Gasteiger partial charge in [0.05, 0.1) is 6.61 Å². The Hall–Kier alpha value is -1.03. The van der Waals surface area contributed by atoms with Crippen molar-refractivity contribution in [3.8, 4) is 0 Å². The Kier molecular flexibility index (Phi) is 5.93. The van der Waals surface area contributed by atoms with Gasteiger partial charge in [-0.2, -0.15) is 0 Å². The van der Waals surface area contributed by atoms with Crippen LogP contribution >= 0.6 is 0 Å². The van der Waals surface area contributed by atoms with Gasteiger partial charge in [0.2, 0.25) is 0 Å². The van der Waals surface area contributed by atoms with Crippen molar-refractivity contribution in [2.75, 3.05) is 26.8 Å². The molecule has 1 rings (SSSR count). The lowest BCUT2D eigenvalue weighted by molar-refractivity contribution is 0.152. The molecule has 0 heterocycles. The van der Waals surface area contributed by atoms with Crippen LogP contribution in [0.3, 0.4) is 0 Å². The summed E-state index contributed by atoms with van der Waals surface area (Å²) in [6.45, 7) is 5.41.